The fourth-order valence-corrected chi connectivity index (χ4v) is 5.15. The second-order valence-corrected chi connectivity index (χ2v) is 7.82. The van der Waals surface area contributed by atoms with E-state index >= 15 is 0 Å². The molecule has 0 heterocycles. The Kier molecular flexibility index (Phi) is 2.68. The minimum atomic E-state index is 0.597. The topological polar surface area (TPSA) is 0 Å². The predicted octanol–water partition coefficient (Wildman–Crippen LogP) is 2.24. The summed E-state index contributed by atoms with van der Waals surface area (Å²) in [6.07, 6.45) is 10.8. The molecule has 0 aromatic carbocycles. The molecular weight excluding hydrogens is 190 g/mol. The van der Waals surface area contributed by atoms with Crippen LogP contribution in [0.25, 0.3) is 0 Å². The van der Waals surface area contributed by atoms with Crippen molar-refractivity contribution < 1.29 is 0 Å². The smallest absolute Gasteiger partial charge is 0.0845 e. The van der Waals surface area contributed by atoms with Crippen LogP contribution < -0.4 is 0 Å². The van der Waals surface area contributed by atoms with Crippen LogP contribution in [0, 0.1) is 29.6 Å². The Labute approximate surface area is 103 Å². The van der Waals surface area contributed by atoms with E-state index in [9.17, 15) is 0 Å². The molecule has 0 nitrogen and oxygen atoms in total. The molecule has 4 bridgehead atoms. The third-order valence-electron chi connectivity index (χ3n) is 6.17. The van der Waals surface area contributed by atoms with Crippen molar-refractivity contribution >= 4 is 15.7 Å². The summed E-state index contributed by atoms with van der Waals surface area (Å²) in [4.78, 5) is 0. The van der Waals surface area contributed by atoms with Gasteiger partial charge in [0, 0.05) is 0 Å². The van der Waals surface area contributed by atoms with E-state index < -0.39 is 0 Å². The normalized spacial score (nSPS) is 46.2. The Balaban J connectivity index is 1.72. The molecule has 4 aliphatic carbocycles. The van der Waals surface area contributed by atoms with Crippen LogP contribution in [0.15, 0.2) is 0 Å². The first kappa shape index (κ1) is 11.2. The molecule has 0 aliphatic heterocycles. The minimum absolute atomic E-state index is 0.597. The van der Waals surface area contributed by atoms with Crippen LogP contribution in [0.3, 0.4) is 0 Å². The quantitative estimate of drug-likeness (QED) is 0.634. The van der Waals surface area contributed by atoms with Crippen LogP contribution in [-0.4, -0.2) is 15.7 Å². The lowest BCUT2D eigenvalue weighted by atomic mass is 9.44. The molecular formula is C14H26B2. The summed E-state index contributed by atoms with van der Waals surface area (Å²) < 4.78 is 0. The van der Waals surface area contributed by atoms with Gasteiger partial charge in [-0.1, -0.05) is 25.0 Å². The zero-order valence-corrected chi connectivity index (χ0v) is 11.3. The fourth-order valence-electron chi connectivity index (χ4n) is 5.15. The molecule has 4 aliphatic rings. The van der Waals surface area contributed by atoms with Crippen molar-refractivity contribution in [1.82, 2.24) is 0 Å². The van der Waals surface area contributed by atoms with Gasteiger partial charge in [0.2, 0.25) is 0 Å². The second kappa shape index (κ2) is 3.82. The summed E-state index contributed by atoms with van der Waals surface area (Å²) in [7, 11) is 4.97. The maximum atomic E-state index is 2.48. The summed E-state index contributed by atoms with van der Waals surface area (Å²) in [5.41, 5.74) is 0. The Bertz CT molecular complexity index is 244. The van der Waals surface area contributed by atoms with Crippen LogP contribution in [0.4, 0.5) is 0 Å². The summed E-state index contributed by atoms with van der Waals surface area (Å²) >= 11 is 0. The van der Waals surface area contributed by atoms with Gasteiger partial charge in [-0.05, 0) is 61.7 Å². The number of rotatable bonds is 3. The Hall–Kier alpha value is 0.130. The fraction of sp³-hybridized carbons (Fsp3) is 1.00. The number of hydrogen-bond donors (Lipinski definition) is 0. The Morgan fingerprint density at radius 1 is 0.938 bits per heavy atom. The van der Waals surface area contributed by atoms with E-state index in [1.54, 1.807) is 32.1 Å². The molecule has 0 atom stereocenters. The van der Waals surface area contributed by atoms with Gasteiger partial charge in [0.15, 0.2) is 0 Å². The van der Waals surface area contributed by atoms with Gasteiger partial charge < -0.3 is 0 Å². The van der Waals surface area contributed by atoms with Gasteiger partial charge in [0.1, 0.15) is 0 Å². The molecule has 4 rings (SSSR count). The van der Waals surface area contributed by atoms with Crippen molar-refractivity contribution in [3.05, 3.63) is 0 Å². The van der Waals surface area contributed by atoms with E-state index in [1.165, 1.54) is 12.8 Å². The van der Waals surface area contributed by atoms with Crippen molar-refractivity contribution in [1.29, 1.82) is 0 Å². The van der Waals surface area contributed by atoms with Gasteiger partial charge in [-0.15, -0.1) is 0 Å². The standard InChI is InChI=1S/C14H26B2/c1-2-14(15,16)8-13-11-4-9-3-10(6-11)7-12(13)5-9/h9-13H,2-8,15-16H2,1H3. The molecule has 0 saturated heterocycles. The van der Waals surface area contributed by atoms with Crippen molar-refractivity contribution in [3.8, 4) is 0 Å². The van der Waals surface area contributed by atoms with Crippen molar-refractivity contribution in [2.45, 2.75) is 57.1 Å². The summed E-state index contributed by atoms with van der Waals surface area (Å²) in [5, 5.41) is 0.597. The van der Waals surface area contributed by atoms with Gasteiger partial charge in [-0.25, -0.2) is 0 Å². The zero-order valence-electron chi connectivity index (χ0n) is 11.3. The van der Waals surface area contributed by atoms with E-state index in [0.717, 1.165) is 29.6 Å². The highest BCUT2D eigenvalue weighted by molar-refractivity contribution is 6.39. The molecule has 4 saturated carbocycles. The predicted molar refractivity (Wildman–Crippen MR) is 75.2 cm³/mol. The highest BCUT2D eigenvalue weighted by atomic mass is 14.5. The molecule has 0 unspecified atom stereocenters. The van der Waals surface area contributed by atoms with Gasteiger partial charge in [0.05, 0.1) is 15.7 Å². The highest BCUT2D eigenvalue weighted by Gasteiger charge is 2.48. The first-order valence-electron chi connectivity index (χ1n) is 7.57. The third-order valence-corrected chi connectivity index (χ3v) is 6.17. The first-order valence-corrected chi connectivity index (χ1v) is 7.57. The SMILES string of the molecule is BC(B)(CC)CC1C2CC3CC(C2)CC1C3. The Morgan fingerprint density at radius 2 is 1.44 bits per heavy atom. The molecule has 0 amide bonds. The van der Waals surface area contributed by atoms with E-state index in [4.69, 9.17) is 0 Å². The van der Waals surface area contributed by atoms with Crippen molar-refractivity contribution in [2.75, 3.05) is 0 Å². The number of hydrogen-bond acceptors (Lipinski definition) is 0. The molecule has 0 spiro atoms. The van der Waals surface area contributed by atoms with Gasteiger partial charge >= 0.3 is 0 Å². The average molecular weight is 216 g/mol. The monoisotopic (exact) mass is 216 g/mol. The molecule has 2 heteroatoms. The molecule has 0 radical (unpaired) electrons. The van der Waals surface area contributed by atoms with Crippen molar-refractivity contribution in [2.24, 2.45) is 29.6 Å². The maximum Gasteiger partial charge on any atom is 0.0992 e. The van der Waals surface area contributed by atoms with E-state index in [0.29, 0.717) is 5.21 Å². The molecule has 16 heavy (non-hydrogen) atoms. The summed E-state index contributed by atoms with van der Waals surface area (Å²) in [5.74, 6) is 5.64. The van der Waals surface area contributed by atoms with Crippen LogP contribution in [0.1, 0.15) is 51.9 Å². The zero-order chi connectivity index (χ0) is 11.3. The lowest BCUT2D eigenvalue weighted by Gasteiger charge is -2.56. The van der Waals surface area contributed by atoms with E-state index in [1.807, 2.05) is 0 Å². The molecule has 0 N–H and O–H groups in total. The largest absolute Gasteiger partial charge is 0.0992 e. The summed E-state index contributed by atoms with van der Waals surface area (Å²) in [6.45, 7) is 2.37. The van der Waals surface area contributed by atoms with Gasteiger partial charge in [-0.2, -0.15) is 0 Å². The van der Waals surface area contributed by atoms with Gasteiger partial charge in [-0.3, -0.25) is 0 Å². The van der Waals surface area contributed by atoms with E-state index in [2.05, 4.69) is 22.6 Å². The lowest BCUT2D eigenvalue weighted by Crippen LogP contribution is -2.46. The molecule has 0 aromatic heterocycles. The van der Waals surface area contributed by atoms with Crippen LogP contribution >= 0.6 is 0 Å². The maximum absolute atomic E-state index is 2.48. The van der Waals surface area contributed by atoms with Crippen LogP contribution in [0.2, 0.25) is 5.21 Å². The molecule has 88 valence electrons. The van der Waals surface area contributed by atoms with Gasteiger partial charge in [0.25, 0.3) is 0 Å². The third kappa shape index (κ3) is 1.87. The van der Waals surface area contributed by atoms with Crippen LogP contribution in [-0.2, 0) is 0 Å². The van der Waals surface area contributed by atoms with Crippen molar-refractivity contribution in [3.63, 3.8) is 0 Å². The highest BCUT2D eigenvalue weighted by Crippen LogP contribution is 2.59. The first-order chi connectivity index (χ1) is 7.57. The summed E-state index contributed by atoms with van der Waals surface area (Å²) in [6, 6.07) is 0. The Morgan fingerprint density at radius 3 is 1.88 bits per heavy atom. The van der Waals surface area contributed by atoms with Crippen LogP contribution in [0.5, 0.6) is 0 Å². The lowest BCUT2D eigenvalue weighted by molar-refractivity contribution is -0.0415. The average Bonchev–Trinajstić information content (AvgIpc) is 2.22. The molecule has 0 aromatic rings. The molecule has 4 fully saturated rings. The van der Waals surface area contributed by atoms with E-state index in [-0.39, 0.29) is 0 Å². The minimum Gasteiger partial charge on any atom is -0.0845 e. The second-order valence-electron chi connectivity index (χ2n) is 7.82.